The number of aromatic nitrogens is 3. The molecule has 3 N–H and O–H groups in total. The number of nitrogens with one attached hydrogen (secondary N) is 1. The maximum absolute atomic E-state index is 12.2. The summed E-state index contributed by atoms with van der Waals surface area (Å²) in [6.45, 7) is 0. The van der Waals surface area contributed by atoms with E-state index in [1.807, 2.05) is 18.2 Å². The van der Waals surface area contributed by atoms with E-state index >= 15 is 0 Å². The summed E-state index contributed by atoms with van der Waals surface area (Å²) in [6.07, 6.45) is 0. The van der Waals surface area contributed by atoms with Crippen LogP contribution in [0.25, 0.3) is 21.0 Å². The van der Waals surface area contributed by atoms with Crippen molar-refractivity contribution in [2.24, 2.45) is 0 Å². The molecule has 0 fully saturated rings. The molecule has 0 aliphatic carbocycles. The third kappa shape index (κ3) is 2.85. The van der Waals surface area contributed by atoms with Gasteiger partial charge in [-0.2, -0.15) is 10.3 Å². The molecule has 7 nitrogen and oxygen atoms in total. The third-order valence-corrected chi connectivity index (χ3v) is 6.26. The molecule has 120 valence electrons. The van der Waals surface area contributed by atoms with Crippen LogP contribution in [0.4, 0.5) is 5.82 Å². The number of hydrogen-bond acceptors (Lipinski definition) is 6. The molecular weight excluding hydrogens is 334 g/mol. The predicted octanol–water partition coefficient (Wildman–Crippen LogP) is 2.03. The molecule has 1 aromatic carbocycles. The van der Waals surface area contributed by atoms with E-state index in [0.717, 1.165) is 15.3 Å². The van der Waals surface area contributed by atoms with E-state index in [1.165, 1.54) is 29.7 Å². The van der Waals surface area contributed by atoms with Crippen LogP contribution in [-0.4, -0.2) is 42.2 Å². The Balaban J connectivity index is 2.01. The fourth-order valence-corrected chi connectivity index (χ4v) is 4.01. The van der Waals surface area contributed by atoms with Crippen molar-refractivity contribution < 1.29 is 8.42 Å². The Bertz CT molecular complexity index is 943. The molecule has 0 aliphatic rings. The molecule has 3 aromatic rings. The summed E-state index contributed by atoms with van der Waals surface area (Å²) in [5.74, 6) is 0.335. The van der Waals surface area contributed by atoms with E-state index in [1.54, 1.807) is 18.2 Å². The van der Waals surface area contributed by atoms with E-state index in [0.29, 0.717) is 11.5 Å². The second-order valence-electron chi connectivity index (χ2n) is 5.04. The number of nitrogens with zero attached hydrogens (tertiary/aromatic N) is 3. The van der Waals surface area contributed by atoms with Crippen molar-refractivity contribution in [2.75, 3.05) is 19.8 Å². The third-order valence-electron chi connectivity index (χ3n) is 3.31. The highest BCUT2D eigenvalue weighted by Crippen LogP contribution is 2.35. The van der Waals surface area contributed by atoms with Gasteiger partial charge in [-0.25, -0.2) is 12.7 Å². The monoisotopic (exact) mass is 349 g/mol. The van der Waals surface area contributed by atoms with Crippen molar-refractivity contribution in [2.45, 2.75) is 4.90 Å². The zero-order valence-electron chi connectivity index (χ0n) is 12.5. The minimum absolute atomic E-state index is 0.260. The number of hydrogen-bond donors (Lipinski definition) is 2. The first-order chi connectivity index (χ1) is 10.9. The van der Waals surface area contributed by atoms with E-state index < -0.39 is 10.0 Å². The Morgan fingerprint density at radius 2 is 1.87 bits per heavy atom. The summed E-state index contributed by atoms with van der Waals surface area (Å²) in [5.41, 5.74) is 7.17. The summed E-state index contributed by atoms with van der Waals surface area (Å²) in [4.78, 5) is 2.06. The van der Waals surface area contributed by atoms with Crippen LogP contribution < -0.4 is 5.73 Å². The van der Waals surface area contributed by atoms with Crippen LogP contribution in [0.2, 0.25) is 0 Å². The Hall–Kier alpha value is -2.23. The van der Waals surface area contributed by atoms with Gasteiger partial charge in [0.15, 0.2) is 5.82 Å². The average Bonchev–Trinajstić information content (AvgIpc) is 3.15. The fraction of sp³-hybridized carbons (Fsp3) is 0.143. The molecule has 2 heterocycles. The van der Waals surface area contributed by atoms with Gasteiger partial charge in [0.1, 0.15) is 5.69 Å². The molecule has 0 saturated carbocycles. The van der Waals surface area contributed by atoms with Gasteiger partial charge in [0.25, 0.3) is 0 Å². The number of nitrogen functional groups attached to an aromatic ring is 1. The second kappa shape index (κ2) is 5.76. The molecule has 0 saturated heterocycles. The molecule has 0 atom stereocenters. The van der Waals surface area contributed by atoms with Gasteiger partial charge in [-0.15, -0.1) is 16.4 Å². The van der Waals surface area contributed by atoms with Crippen LogP contribution in [-0.2, 0) is 10.0 Å². The van der Waals surface area contributed by atoms with E-state index in [9.17, 15) is 8.42 Å². The minimum Gasteiger partial charge on any atom is -0.380 e. The van der Waals surface area contributed by atoms with Crippen molar-refractivity contribution in [1.29, 1.82) is 0 Å². The van der Waals surface area contributed by atoms with Crippen LogP contribution in [0.3, 0.4) is 0 Å². The van der Waals surface area contributed by atoms with Crippen molar-refractivity contribution in [3.05, 3.63) is 36.4 Å². The molecule has 0 unspecified atom stereocenters. The molecule has 2 aromatic heterocycles. The van der Waals surface area contributed by atoms with Crippen LogP contribution >= 0.6 is 11.3 Å². The summed E-state index contributed by atoms with van der Waals surface area (Å²) < 4.78 is 25.7. The molecule has 0 bridgehead atoms. The standard InChI is InChI=1S/C14H15N5O2S2/c1-19(2)23(20,21)10-5-3-4-9(8-10)11-6-7-12(22-11)13-14(15)17-18-16-13/h3-8H,1-2H3,(H3,15,16,17,18). The lowest BCUT2D eigenvalue weighted by molar-refractivity contribution is 0.521. The van der Waals surface area contributed by atoms with Gasteiger partial charge in [-0.05, 0) is 29.8 Å². The van der Waals surface area contributed by atoms with Crippen molar-refractivity contribution in [3.8, 4) is 21.0 Å². The largest absolute Gasteiger partial charge is 0.380 e. The van der Waals surface area contributed by atoms with Gasteiger partial charge in [0.2, 0.25) is 10.0 Å². The van der Waals surface area contributed by atoms with Crippen LogP contribution in [0.1, 0.15) is 0 Å². The first-order valence-electron chi connectivity index (χ1n) is 6.69. The molecule has 0 aliphatic heterocycles. The van der Waals surface area contributed by atoms with E-state index in [-0.39, 0.29) is 4.90 Å². The normalized spacial score (nSPS) is 12.0. The van der Waals surface area contributed by atoms with E-state index in [2.05, 4.69) is 15.4 Å². The highest BCUT2D eigenvalue weighted by atomic mass is 32.2. The lowest BCUT2D eigenvalue weighted by Crippen LogP contribution is -2.22. The van der Waals surface area contributed by atoms with Crippen LogP contribution in [0.5, 0.6) is 0 Å². The molecule has 23 heavy (non-hydrogen) atoms. The highest BCUT2D eigenvalue weighted by molar-refractivity contribution is 7.89. The van der Waals surface area contributed by atoms with Gasteiger partial charge in [0, 0.05) is 19.0 Å². The summed E-state index contributed by atoms with van der Waals surface area (Å²) >= 11 is 1.47. The highest BCUT2D eigenvalue weighted by Gasteiger charge is 2.18. The Kier molecular flexibility index (Phi) is 3.92. The van der Waals surface area contributed by atoms with Crippen LogP contribution in [0, 0.1) is 0 Å². The topological polar surface area (TPSA) is 105 Å². The number of thiophene rings is 1. The molecular formula is C14H15N5O2S2. The number of aromatic amines is 1. The number of benzene rings is 1. The predicted molar refractivity (Wildman–Crippen MR) is 90.4 cm³/mol. The number of sulfonamides is 1. The van der Waals surface area contributed by atoms with Crippen molar-refractivity contribution in [1.82, 2.24) is 19.7 Å². The first kappa shape index (κ1) is 15.7. The summed E-state index contributed by atoms with van der Waals surface area (Å²) in [6, 6.07) is 10.7. The van der Waals surface area contributed by atoms with Crippen LogP contribution in [0.15, 0.2) is 41.3 Å². The van der Waals surface area contributed by atoms with Gasteiger partial charge in [-0.3, -0.25) is 0 Å². The Morgan fingerprint density at radius 1 is 1.13 bits per heavy atom. The zero-order chi connectivity index (χ0) is 16.6. The van der Waals surface area contributed by atoms with E-state index in [4.69, 9.17) is 5.73 Å². The molecule has 0 amide bonds. The maximum atomic E-state index is 12.2. The zero-order valence-corrected chi connectivity index (χ0v) is 14.1. The lowest BCUT2D eigenvalue weighted by atomic mass is 10.2. The van der Waals surface area contributed by atoms with Crippen molar-refractivity contribution in [3.63, 3.8) is 0 Å². The molecule has 9 heteroatoms. The smallest absolute Gasteiger partial charge is 0.242 e. The molecule has 0 spiro atoms. The number of anilines is 1. The van der Waals surface area contributed by atoms with Gasteiger partial charge in [-0.1, -0.05) is 12.1 Å². The second-order valence-corrected chi connectivity index (χ2v) is 8.27. The maximum Gasteiger partial charge on any atom is 0.242 e. The number of rotatable bonds is 4. The number of nitrogens with two attached hydrogens (primary N) is 1. The van der Waals surface area contributed by atoms with Gasteiger partial charge < -0.3 is 5.73 Å². The molecule has 3 rings (SSSR count). The number of H-pyrrole nitrogens is 1. The molecule has 0 radical (unpaired) electrons. The van der Waals surface area contributed by atoms with Crippen molar-refractivity contribution >= 4 is 27.2 Å². The van der Waals surface area contributed by atoms with Gasteiger partial charge >= 0.3 is 0 Å². The fourth-order valence-electron chi connectivity index (χ4n) is 2.06. The summed E-state index contributed by atoms with van der Waals surface area (Å²) in [7, 11) is -0.435. The average molecular weight is 349 g/mol. The SMILES string of the molecule is CN(C)S(=O)(=O)c1cccc(-c2ccc(-c3n[nH]nc3N)s2)c1. The Labute approximate surface area is 137 Å². The quantitative estimate of drug-likeness (QED) is 0.750. The summed E-state index contributed by atoms with van der Waals surface area (Å²) in [5, 5.41) is 10.3. The first-order valence-corrected chi connectivity index (χ1v) is 8.94. The lowest BCUT2D eigenvalue weighted by Gasteiger charge is -2.11. The minimum atomic E-state index is -3.46. The van der Waals surface area contributed by atoms with Gasteiger partial charge in [0.05, 0.1) is 9.77 Å². The Morgan fingerprint density at radius 3 is 2.52 bits per heavy atom.